The first-order valence-corrected chi connectivity index (χ1v) is 7.77. The fourth-order valence-electron chi connectivity index (χ4n) is 0.838. The first kappa shape index (κ1) is 11.2. The van der Waals surface area contributed by atoms with Crippen molar-refractivity contribution in [2.75, 3.05) is 0 Å². The molecule has 0 heterocycles. The fraction of sp³-hybridized carbons (Fsp3) is 1.00. The monoisotopic (exact) mass is 215 g/mol. The van der Waals surface area contributed by atoms with Crippen LogP contribution in [0.4, 0.5) is 0 Å². The minimum absolute atomic E-state index is 0.365. The maximum atomic E-state index is 10.4. The maximum absolute atomic E-state index is 10.4. The number of nitro groups is 1. The van der Waals surface area contributed by atoms with Crippen molar-refractivity contribution < 1.29 is 4.92 Å². The van der Waals surface area contributed by atoms with Crippen LogP contribution in [0.15, 0.2) is 0 Å². The van der Waals surface area contributed by atoms with E-state index in [0.29, 0.717) is 12.5 Å². The molecule has 0 N–H and O–H groups in total. The van der Waals surface area contributed by atoms with Crippen LogP contribution in [0.5, 0.6) is 0 Å². The van der Waals surface area contributed by atoms with Gasteiger partial charge in [-0.25, -0.2) is 0 Å². The summed E-state index contributed by atoms with van der Waals surface area (Å²) in [5, 5.41) is 10.4. The van der Waals surface area contributed by atoms with Gasteiger partial charge in [0.15, 0.2) is 0 Å². The van der Waals surface area contributed by atoms with Gasteiger partial charge in [-0.05, 0) is 6.04 Å². The SMILES string of the molecule is CCC([N+](=O)[O-])[Si](Cl)(Cl)CC. The molecule has 0 rings (SSSR count). The van der Waals surface area contributed by atoms with Crippen LogP contribution >= 0.6 is 22.2 Å². The summed E-state index contributed by atoms with van der Waals surface area (Å²) in [5.74, 6) is 0. The molecule has 0 spiro atoms. The summed E-state index contributed by atoms with van der Waals surface area (Å²) in [4.78, 5) is 10.0. The number of nitrogens with zero attached hydrogens (tertiary/aromatic N) is 1. The lowest BCUT2D eigenvalue weighted by Crippen LogP contribution is -2.41. The second kappa shape index (κ2) is 4.28. The van der Waals surface area contributed by atoms with Crippen LogP contribution in [0, 0.1) is 10.1 Å². The van der Waals surface area contributed by atoms with Crippen molar-refractivity contribution >= 4 is 28.9 Å². The highest BCUT2D eigenvalue weighted by Gasteiger charge is 2.44. The lowest BCUT2D eigenvalue weighted by atomic mass is 10.5. The van der Waals surface area contributed by atoms with Crippen molar-refractivity contribution in [3.05, 3.63) is 10.1 Å². The molecule has 11 heavy (non-hydrogen) atoms. The van der Waals surface area contributed by atoms with Gasteiger partial charge in [0, 0.05) is 11.3 Å². The van der Waals surface area contributed by atoms with Gasteiger partial charge in [0.05, 0.1) is 0 Å². The van der Waals surface area contributed by atoms with Crippen LogP contribution in [-0.4, -0.2) is 17.3 Å². The van der Waals surface area contributed by atoms with Crippen molar-refractivity contribution in [3.8, 4) is 0 Å². The Morgan fingerprint density at radius 1 is 1.55 bits per heavy atom. The standard InChI is InChI=1S/C5H11Cl2NO2Si/c1-3-5(8(9)10)11(6,7)4-2/h5H,3-4H2,1-2H3. The van der Waals surface area contributed by atoms with E-state index < -0.39 is 12.4 Å². The highest BCUT2D eigenvalue weighted by molar-refractivity contribution is 7.45. The molecule has 0 fully saturated rings. The highest BCUT2D eigenvalue weighted by Crippen LogP contribution is 2.27. The first-order valence-electron chi connectivity index (χ1n) is 3.47. The number of halogens is 2. The van der Waals surface area contributed by atoms with Crippen molar-refractivity contribution in [1.82, 2.24) is 0 Å². The largest absolute Gasteiger partial charge is 0.330 e. The van der Waals surface area contributed by atoms with E-state index in [9.17, 15) is 10.1 Å². The van der Waals surface area contributed by atoms with Gasteiger partial charge < -0.3 is 0 Å². The minimum Gasteiger partial charge on any atom is -0.265 e. The van der Waals surface area contributed by atoms with E-state index in [1.807, 2.05) is 0 Å². The van der Waals surface area contributed by atoms with Gasteiger partial charge in [-0.15, -0.1) is 22.2 Å². The van der Waals surface area contributed by atoms with Gasteiger partial charge in [0.1, 0.15) is 0 Å². The van der Waals surface area contributed by atoms with Gasteiger partial charge in [-0.1, -0.05) is 13.8 Å². The Labute approximate surface area is 76.3 Å². The molecule has 0 aliphatic heterocycles. The molecule has 0 radical (unpaired) electrons. The Morgan fingerprint density at radius 3 is 2.09 bits per heavy atom. The molecular formula is C5H11Cl2NO2Si. The number of hydrogen-bond acceptors (Lipinski definition) is 2. The van der Waals surface area contributed by atoms with Crippen LogP contribution in [0.25, 0.3) is 0 Å². The molecule has 0 bridgehead atoms. The molecule has 0 aromatic rings. The van der Waals surface area contributed by atoms with Gasteiger partial charge in [0.2, 0.25) is 5.67 Å². The van der Waals surface area contributed by atoms with Crippen molar-refractivity contribution in [2.45, 2.75) is 32.0 Å². The molecule has 0 aromatic carbocycles. The van der Waals surface area contributed by atoms with E-state index in [4.69, 9.17) is 22.2 Å². The molecule has 3 nitrogen and oxygen atoms in total. The third-order valence-electron chi connectivity index (χ3n) is 1.60. The third kappa shape index (κ3) is 2.97. The summed E-state index contributed by atoms with van der Waals surface area (Å²) in [6.07, 6.45) is 0.417. The topological polar surface area (TPSA) is 43.1 Å². The van der Waals surface area contributed by atoms with E-state index in [0.717, 1.165) is 0 Å². The molecule has 0 saturated heterocycles. The Balaban J connectivity index is 4.36. The van der Waals surface area contributed by atoms with Crippen molar-refractivity contribution in [3.63, 3.8) is 0 Å². The molecule has 0 aromatic heterocycles. The molecule has 0 aliphatic rings. The summed E-state index contributed by atoms with van der Waals surface area (Å²) >= 11 is 11.7. The van der Waals surface area contributed by atoms with Crippen molar-refractivity contribution in [2.24, 2.45) is 0 Å². The van der Waals surface area contributed by atoms with Crippen LogP contribution in [0.2, 0.25) is 6.04 Å². The number of rotatable bonds is 4. The van der Waals surface area contributed by atoms with E-state index >= 15 is 0 Å². The average Bonchev–Trinajstić information content (AvgIpc) is 1.88. The van der Waals surface area contributed by atoms with E-state index in [1.165, 1.54) is 0 Å². The van der Waals surface area contributed by atoms with Gasteiger partial charge in [-0.2, -0.15) is 0 Å². The van der Waals surface area contributed by atoms with Crippen LogP contribution in [0.1, 0.15) is 20.3 Å². The lowest BCUT2D eigenvalue weighted by Gasteiger charge is -2.17. The predicted octanol–water partition coefficient (Wildman–Crippen LogP) is 2.52. The lowest BCUT2D eigenvalue weighted by molar-refractivity contribution is -0.500. The van der Waals surface area contributed by atoms with Crippen LogP contribution in [0.3, 0.4) is 0 Å². The van der Waals surface area contributed by atoms with Crippen LogP contribution in [-0.2, 0) is 0 Å². The molecular weight excluding hydrogens is 205 g/mol. The predicted molar refractivity (Wildman–Crippen MR) is 49.0 cm³/mol. The first-order chi connectivity index (χ1) is 4.95. The molecule has 66 valence electrons. The molecule has 1 atom stereocenters. The van der Waals surface area contributed by atoms with Gasteiger partial charge in [-0.3, -0.25) is 10.1 Å². The minimum atomic E-state index is -2.62. The normalized spacial score (nSPS) is 14.5. The third-order valence-corrected chi connectivity index (χ3v) is 7.25. The molecule has 1 unspecified atom stereocenters. The van der Waals surface area contributed by atoms with E-state index in [-0.39, 0.29) is 4.92 Å². The summed E-state index contributed by atoms with van der Waals surface area (Å²) in [7, 11) is 0. The Kier molecular flexibility index (Phi) is 4.36. The Hall–Kier alpha value is 0.197. The molecule has 6 heteroatoms. The average molecular weight is 216 g/mol. The van der Waals surface area contributed by atoms with E-state index in [2.05, 4.69) is 0 Å². The zero-order chi connectivity index (χ0) is 9.07. The number of hydrogen-bond donors (Lipinski definition) is 0. The summed E-state index contributed by atoms with van der Waals surface area (Å²) in [6, 6.07) is 0.523. The molecule has 0 aliphatic carbocycles. The smallest absolute Gasteiger partial charge is 0.265 e. The van der Waals surface area contributed by atoms with Gasteiger partial charge in [0.25, 0.3) is 0 Å². The van der Waals surface area contributed by atoms with E-state index in [1.54, 1.807) is 13.8 Å². The highest BCUT2D eigenvalue weighted by atomic mass is 35.7. The second-order valence-corrected chi connectivity index (χ2v) is 9.85. The summed E-state index contributed by atoms with van der Waals surface area (Å²) < 4.78 is 0. The second-order valence-electron chi connectivity index (χ2n) is 2.32. The zero-order valence-electron chi connectivity index (χ0n) is 6.51. The quantitative estimate of drug-likeness (QED) is 0.313. The molecule has 0 saturated carbocycles. The fourth-order valence-corrected chi connectivity index (χ4v) is 3.62. The maximum Gasteiger partial charge on any atom is 0.330 e. The molecule has 0 amide bonds. The Bertz CT molecular complexity index is 153. The van der Waals surface area contributed by atoms with Crippen LogP contribution < -0.4 is 0 Å². The van der Waals surface area contributed by atoms with Crippen molar-refractivity contribution in [1.29, 1.82) is 0 Å². The summed E-state index contributed by atoms with van der Waals surface area (Å²) in [6.45, 7) is 0.897. The Morgan fingerprint density at radius 2 is 2.00 bits per heavy atom. The van der Waals surface area contributed by atoms with Gasteiger partial charge >= 0.3 is 6.69 Å². The summed E-state index contributed by atoms with van der Waals surface area (Å²) in [5.41, 5.74) is -0.726. The zero-order valence-corrected chi connectivity index (χ0v) is 9.02.